The molecular formula is C22H34O2Si. The maximum Gasteiger partial charge on any atom is 0.258 e. The maximum absolute atomic E-state index is 6.79. The van der Waals surface area contributed by atoms with Gasteiger partial charge in [-0.25, -0.2) is 0 Å². The Balaban J connectivity index is 2.44. The van der Waals surface area contributed by atoms with E-state index in [0.717, 1.165) is 22.6 Å². The molecule has 1 aromatic carbocycles. The lowest BCUT2D eigenvalue weighted by atomic mass is 9.92. The smallest absolute Gasteiger partial charge is 0.258 e. The third kappa shape index (κ3) is 3.57. The Morgan fingerprint density at radius 3 is 2.08 bits per heavy atom. The zero-order chi connectivity index (χ0) is 19.0. The van der Waals surface area contributed by atoms with Gasteiger partial charge >= 0.3 is 0 Å². The fourth-order valence-corrected chi connectivity index (χ4v) is 9.57. The van der Waals surface area contributed by atoms with Crippen LogP contribution in [0.15, 0.2) is 36.4 Å². The van der Waals surface area contributed by atoms with Crippen molar-refractivity contribution in [2.75, 3.05) is 0 Å². The second-order valence-electron chi connectivity index (χ2n) is 8.54. The highest BCUT2D eigenvalue weighted by molar-refractivity contribution is 6.78. The van der Waals surface area contributed by atoms with E-state index in [1.807, 2.05) is 6.08 Å². The van der Waals surface area contributed by atoms with Crippen LogP contribution in [0.25, 0.3) is 6.08 Å². The topological polar surface area (TPSA) is 18.5 Å². The quantitative estimate of drug-likeness (QED) is 0.511. The largest absolute Gasteiger partial charge is 0.543 e. The molecule has 2 nitrogen and oxygen atoms in total. The molecule has 1 aliphatic heterocycles. The summed E-state index contributed by atoms with van der Waals surface area (Å²) >= 11 is 0. The second-order valence-corrected chi connectivity index (χ2v) is 13.9. The van der Waals surface area contributed by atoms with Crippen LogP contribution in [0.5, 0.6) is 11.5 Å². The summed E-state index contributed by atoms with van der Waals surface area (Å²) in [5.41, 5.74) is 3.47. The fraction of sp³-hybridized carbons (Fsp3) is 0.545. The summed E-state index contributed by atoms with van der Waals surface area (Å²) in [6, 6.07) is 6.26. The van der Waals surface area contributed by atoms with Crippen molar-refractivity contribution in [1.29, 1.82) is 0 Å². The zero-order valence-corrected chi connectivity index (χ0v) is 18.1. The van der Waals surface area contributed by atoms with Crippen LogP contribution in [0, 0.1) is 0 Å². The van der Waals surface area contributed by atoms with Crippen LogP contribution in [0.2, 0.25) is 16.6 Å². The van der Waals surface area contributed by atoms with Gasteiger partial charge in [0.05, 0.1) is 0 Å². The molecular weight excluding hydrogens is 324 g/mol. The molecule has 0 spiro atoms. The molecule has 0 aliphatic carbocycles. The number of hydrogen-bond donors (Lipinski definition) is 0. The minimum Gasteiger partial charge on any atom is -0.543 e. The van der Waals surface area contributed by atoms with E-state index < -0.39 is 8.32 Å². The van der Waals surface area contributed by atoms with E-state index in [4.69, 9.17) is 9.16 Å². The van der Waals surface area contributed by atoms with Crippen molar-refractivity contribution in [3.05, 3.63) is 42.0 Å². The van der Waals surface area contributed by atoms with Gasteiger partial charge in [-0.05, 0) is 54.3 Å². The van der Waals surface area contributed by atoms with Crippen LogP contribution >= 0.6 is 0 Å². The molecule has 1 aromatic rings. The summed E-state index contributed by atoms with van der Waals surface area (Å²) in [5.74, 6) is 1.83. The SMILES string of the molecule is C=CC1=Cc2ccc(O[Si](C(C)C)(C(C)C)C(C)C)cc2OC1(C)C. The lowest BCUT2D eigenvalue weighted by Gasteiger charge is -2.42. The van der Waals surface area contributed by atoms with E-state index in [9.17, 15) is 0 Å². The molecule has 3 heteroatoms. The molecule has 0 unspecified atom stereocenters. The fourth-order valence-electron chi connectivity index (χ4n) is 4.32. The highest BCUT2D eigenvalue weighted by atomic mass is 28.4. The van der Waals surface area contributed by atoms with Gasteiger partial charge < -0.3 is 9.16 Å². The first-order chi connectivity index (χ1) is 11.5. The number of fused-ring (bicyclic) bond motifs is 1. The molecule has 138 valence electrons. The maximum atomic E-state index is 6.79. The molecule has 0 fully saturated rings. The van der Waals surface area contributed by atoms with E-state index in [0.29, 0.717) is 16.6 Å². The summed E-state index contributed by atoms with van der Waals surface area (Å²) < 4.78 is 13.0. The summed E-state index contributed by atoms with van der Waals surface area (Å²) in [7, 11) is -1.96. The highest BCUT2D eigenvalue weighted by Gasteiger charge is 2.47. The van der Waals surface area contributed by atoms with Crippen molar-refractivity contribution in [3.63, 3.8) is 0 Å². The van der Waals surface area contributed by atoms with Crippen molar-refractivity contribution in [1.82, 2.24) is 0 Å². The molecule has 0 bridgehead atoms. The number of rotatable bonds is 6. The van der Waals surface area contributed by atoms with Gasteiger partial charge in [0, 0.05) is 11.6 Å². The first-order valence-electron chi connectivity index (χ1n) is 9.41. The molecule has 25 heavy (non-hydrogen) atoms. The molecule has 1 heterocycles. The van der Waals surface area contributed by atoms with E-state index in [-0.39, 0.29) is 5.60 Å². The minimum absolute atomic E-state index is 0.365. The Morgan fingerprint density at radius 1 is 1.04 bits per heavy atom. The molecule has 0 N–H and O–H groups in total. The van der Waals surface area contributed by atoms with Gasteiger partial charge in [0.15, 0.2) is 0 Å². The van der Waals surface area contributed by atoms with Crippen molar-refractivity contribution in [2.24, 2.45) is 0 Å². The Hall–Kier alpha value is -1.48. The zero-order valence-electron chi connectivity index (χ0n) is 17.1. The van der Waals surface area contributed by atoms with Crippen molar-refractivity contribution >= 4 is 14.4 Å². The highest BCUT2D eigenvalue weighted by Crippen LogP contribution is 2.44. The van der Waals surface area contributed by atoms with E-state index in [1.165, 1.54) is 0 Å². The van der Waals surface area contributed by atoms with Crippen LogP contribution in [0.4, 0.5) is 0 Å². The Bertz CT molecular complexity index is 647. The third-order valence-corrected chi connectivity index (χ3v) is 11.6. The molecule has 0 aromatic heterocycles. The lowest BCUT2D eigenvalue weighted by Crippen LogP contribution is -2.50. The Morgan fingerprint density at radius 2 is 1.60 bits per heavy atom. The van der Waals surface area contributed by atoms with Crippen LogP contribution in [-0.2, 0) is 0 Å². The summed E-state index contributed by atoms with van der Waals surface area (Å²) in [6.07, 6.45) is 4.04. The van der Waals surface area contributed by atoms with E-state index in [1.54, 1.807) is 0 Å². The predicted molar refractivity (Wildman–Crippen MR) is 111 cm³/mol. The Kier molecular flexibility index (Phi) is 5.58. The van der Waals surface area contributed by atoms with Crippen LogP contribution in [0.3, 0.4) is 0 Å². The normalized spacial score (nSPS) is 16.5. The first kappa shape index (κ1) is 19.8. The monoisotopic (exact) mass is 358 g/mol. The molecule has 0 atom stereocenters. The summed E-state index contributed by atoms with van der Waals surface area (Å²) in [4.78, 5) is 0. The second kappa shape index (κ2) is 7.03. The van der Waals surface area contributed by atoms with Gasteiger partial charge in [-0.15, -0.1) is 0 Å². The van der Waals surface area contributed by atoms with Crippen molar-refractivity contribution < 1.29 is 9.16 Å². The summed E-state index contributed by atoms with van der Waals surface area (Å²) in [5, 5.41) is 0. The van der Waals surface area contributed by atoms with Crippen LogP contribution in [0.1, 0.15) is 61.0 Å². The van der Waals surface area contributed by atoms with E-state index in [2.05, 4.69) is 86.2 Å². The Labute approximate surface area is 155 Å². The average molecular weight is 359 g/mol. The van der Waals surface area contributed by atoms with Gasteiger partial charge in [-0.3, -0.25) is 0 Å². The van der Waals surface area contributed by atoms with Crippen LogP contribution < -0.4 is 9.16 Å². The molecule has 0 saturated heterocycles. The summed E-state index contributed by atoms with van der Waals surface area (Å²) in [6.45, 7) is 21.9. The lowest BCUT2D eigenvalue weighted by molar-refractivity contribution is 0.149. The molecule has 0 radical (unpaired) electrons. The predicted octanol–water partition coefficient (Wildman–Crippen LogP) is 6.98. The van der Waals surface area contributed by atoms with Gasteiger partial charge in [0.2, 0.25) is 0 Å². The number of hydrogen-bond acceptors (Lipinski definition) is 2. The van der Waals surface area contributed by atoms with Gasteiger partial charge in [0.25, 0.3) is 8.32 Å². The number of ether oxygens (including phenoxy) is 1. The first-order valence-corrected chi connectivity index (χ1v) is 11.5. The van der Waals surface area contributed by atoms with Gasteiger partial charge in [-0.2, -0.15) is 0 Å². The molecule has 1 aliphatic rings. The third-order valence-electron chi connectivity index (χ3n) is 5.58. The van der Waals surface area contributed by atoms with Crippen LogP contribution in [-0.4, -0.2) is 13.9 Å². The standard InChI is InChI=1S/C22H34O2Si/c1-10-19-13-18-11-12-20(14-21(18)23-22(19,8)9)24-25(15(2)3,16(4)5)17(6)7/h10-17H,1H2,2-9H3. The molecule has 2 rings (SSSR count). The van der Waals surface area contributed by atoms with Gasteiger partial charge in [0.1, 0.15) is 17.1 Å². The molecule has 0 saturated carbocycles. The number of benzene rings is 1. The van der Waals surface area contributed by atoms with Crippen molar-refractivity contribution in [2.45, 2.75) is 77.6 Å². The van der Waals surface area contributed by atoms with Gasteiger partial charge in [-0.1, -0.05) is 54.2 Å². The van der Waals surface area contributed by atoms with Crippen molar-refractivity contribution in [3.8, 4) is 11.5 Å². The average Bonchev–Trinajstić information content (AvgIpc) is 2.49. The van der Waals surface area contributed by atoms with E-state index >= 15 is 0 Å². The molecule has 0 amide bonds. The minimum atomic E-state index is -1.96.